The zero-order valence-corrected chi connectivity index (χ0v) is 19.7. The van der Waals surface area contributed by atoms with E-state index < -0.39 is 10.0 Å². The Morgan fingerprint density at radius 2 is 1.76 bits per heavy atom. The molecule has 2 N–H and O–H groups in total. The van der Waals surface area contributed by atoms with Crippen molar-refractivity contribution in [2.75, 3.05) is 46.0 Å². The number of sulfonamides is 1. The first-order chi connectivity index (χ1) is 16.4. The summed E-state index contributed by atoms with van der Waals surface area (Å²) in [5.41, 5.74) is 1.26. The summed E-state index contributed by atoms with van der Waals surface area (Å²) in [6.45, 7) is 3.84. The van der Waals surface area contributed by atoms with Gasteiger partial charge in [0, 0.05) is 38.3 Å². The van der Waals surface area contributed by atoms with Gasteiger partial charge in [0.2, 0.25) is 10.0 Å². The summed E-state index contributed by atoms with van der Waals surface area (Å²) in [7, 11) is -3.68. The summed E-state index contributed by atoms with van der Waals surface area (Å²) in [6, 6.07) is 12.0. The molecule has 2 atom stereocenters. The second-order valence-corrected chi connectivity index (χ2v) is 10.2. The first-order valence-corrected chi connectivity index (χ1v) is 13.0. The molecule has 2 aliphatic rings. The van der Waals surface area contributed by atoms with E-state index in [1.165, 1.54) is 36.4 Å². The first-order valence-electron chi connectivity index (χ1n) is 11.5. The van der Waals surface area contributed by atoms with Crippen molar-refractivity contribution in [3.8, 4) is 0 Å². The molecule has 0 aliphatic carbocycles. The molecule has 2 aromatic rings. The van der Waals surface area contributed by atoms with Crippen molar-refractivity contribution in [2.45, 2.75) is 29.9 Å². The van der Waals surface area contributed by atoms with E-state index in [0.29, 0.717) is 45.0 Å². The van der Waals surface area contributed by atoms with Gasteiger partial charge >= 0.3 is 0 Å². The SMILES string of the molecule is O=C(NCC(c1ccc(F)cc1)N1CCOCC1)c1ccc(S(=O)(=O)NCC2CCCO2)cc1. The van der Waals surface area contributed by atoms with Gasteiger partial charge in [0.25, 0.3) is 5.91 Å². The second kappa shape index (κ2) is 11.4. The standard InChI is InChI=1S/C24H30FN3O5S/c25-20-7-3-18(4-8-20)23(28-11-14-32-15-12-28)17-26-24(29)19-5-9-22(10-6-19)34(30,31)27-16-21-2-1-13-33-21/h3-10,21,23,27H,1-2,11-17H2,(H,26,29). The number of nitrogens with zero attached hydrogens (tertiary/aromatic N) is 1. The third kappa shape index (κ3) is 6.39. The van der Waals surface area contributed by atoms with Crippen LogP contribution in [0.15, 0.2) is 53.4 Å². The van der Waals surface area contributed by atoms with Crippen molar-refractivity contribution in [3.63, 3.8) is 0 Å². The summed E-state index contributed by atoms with van der Waals surface area (Å²) in [5.74, 6) is -0.620. The largest absolute Gasteiger partial charge is 0.379 e. The van der Waals surface area contributed by atoms with E-state index >= 15 is 0 Å². The molecule has 2 heterocycles. The van der Waals surface area contributed by atoms with Crippen LogP contribution in [0, 0.1) is 5.82 Å². The molecule has 2 aliphatic heterocycles. The Hall–Kier alpha value is -2.37. The van der Waals surface area contributed by atoms with Crippen molar-refractivity contribution in [1.29, 1.82) is 0 Å². The van der Waals surface area contributed by atoms with E-state index in [4.69, 9.17) is 9.47 Å². The van der Waals surface area contributed by atoms with Gasteiger partial charge in [-0.2, -0.15) is 0 Å². The smallest absolute Gasteiger partial charge is 0.251 e. The molecular formula is C24H30FN3O5S. The number of benzene rings is 2. The fraction of sp³-hybridized carbons (Fsp3) is 0.458. The molecule has 2 unspecified atom stereocenters. The van der Waals surface area contributed by atoms with Crippen molar-refractivity contribution < 1.29 is 27.1 Å². The molecule has 0 saturated carbocycles. The van der Waals surface area contributed by atoms with Gasteiger partial charge in [-0.15, -0.1) is 0 Å². The third-order valence-corrected chi connectivity index (χ3v) is 7.59. The molecular weight excluding hydrogens is 461 g/mol. The van der Waals surface area contributed by atoms with E-state index in [-0.39, 0.29) is 35.3 Å². The lowest BCUT2D eigenvalue weighted by atomic mass is 10.0. The summed E-state index contributed by atoms with van der Waals surface area (Å²) in [5, 5.41) is 2.93. The highest BCUT2D eigenvalue weighted by atomic mass is 32.2. The van der Waals surface area contributed by atoms with Gasteiger partial charge in [0.1, 0.15) is 5.82 Å². The Balaban J connectivity index is 1.38. The van der Waals surface area contributed by atoms with Gasteiger partial charge in [-0.1, -0.05) is 12.1 Å². The zero-order chi connectivity index (χ0) is 24.0. The Labute approximate surface area is 199 Å². The van der Waals surface area contributed by atoms with Crippen LogP contribution >= 0.6 is 0 Å². The monoisotopic (exact) mass is 491 g/mol. The van der Waals surface area contributed by atoms with Gasteiger partial charge in [-0.3, -0.25) is 9.69 Å². The Morgan fingerprint density at radius 3 is 2.41 bits per heavy atom. The molecule has 2 aromatic carbocycles. The highest BCUT2D eigenvalue weighted by Crippen LogP contribution is 2.22. The van der Waals surface area contributed by atoms with Crippen molar-refractivity contribution in [3.05, 3.63) is 65.5 Å². The molecule has 4 rings (SSSR count). The summed E-state index contributed by atoms with van der Waals surface area (Å²) >= 11 is 0. The molecule has 2 saturated heterocycles. The van der Waals surface area contributed by atoms with Crippen LogP contribution in [0.4, 0.5) is 4.39 Å². The predicted molar refractivity (Wildman–Crippen MR) is 124 cm³/mol. The highest BCUT2D eigenvalue weighted by molar-refractivity contribution is 7.89. The maximum Gasteiger partial charge on any atom is 0.251 e. The van der Waals surface area contributed by atoms with Gasteiger partial charge in [0.05, 0.1) is 30.3 Å². The van der Waals surface area contributed by atoms with Gasteiger partial charge in [-0.25, -0.2) is 17.5 Å². The third-order valence-electron chi connectivity index (χ3n) is 6.15. The molecule has 10 heteroatoms. The molecule has 0 bridgehead atoms. The van der Waals surface area contributed by atoms with Crippen LogP contribution in [0.25, 0.3) is 0 Å². The zero-order valence-electron chi connectivity index (χ0n) is 18.9. The molecule has 0 radical (unpaired) electrons. The summed E-state index contributed by atoms with van der Waals surface area (Å²) in [4.78, 5) is 15.1. The topological polar surface area (TPSA) is 97.0 Å². The Kier molecular flexibility index (Phi) is 8.28. The molecule has 8 nitrogen and oxygen atoms in total. The fourth-order valence-corrected chi connectivity index (χ4v) is 5.27. The van der Waals surface area contributed by atoms with Crippen LogP contribution in [0.2, 0.25) is 0 Å². The van der Waals surface area contributed by atoms with Crippen molar-refractivity contribution in [1.82, 2.24) is 14.9 Å². The van der Waals surface area contributed by atoms with Crippen LogP contribution in [-0.2, 0) is 19.5 Å². The molecule has 2 fully saturated rings. The lowest BCUT2D eigenvalue weighted by Crippen LogP contribution is -2.43. The first kappa shape index (κ1) is 24.7. The Morgan fingerprint density at radius 1 is 1.06 bits per heavy atom. The maximum atomic E-state index is 13.4. The number of hydrogen-bond acceptors (Lipinski definition) is 6. The minimum Gasteiger partial charge on any atom is -0.379 e. The van der Waals surface area contributed by atoms with E-state index in [2.05, 4.69) is 14.9 Å². The highest BCUT2D eigenvalue weighted by Gasteiger charge is 2.24. The number of hydrogen-bond donors (Lipinski definition) is 2. The lowest BCUT2D eigenvalue weighted by molar-refractivity contribution is 0.0162. The van der Waals surface area contributed by atoms with E-state index in [0.717, 1.165) is 18.4 Å². The maximum absolute atomic E-state index is 13.4. The minimum atomic E-state index is -3.68. The van der Waals surface area contributed by atoms with E-state index in [1.807, 2.05) is 0 Å². The van der Waals surface area contributed by atoms with Crippen LogP contribution in [-0.4, -0.2) is 71.3 Å². The summed E-state index contributed by atoms with van der Waals surface area (Å²) < 4.78 is 51.9. The average Bonchev–Trinajstić information content (AvgIpc) is 3.39. The normalized spacial score (nSPS) is 20.2. The van der Waals surface area contributed by atoms with Crippen molar-refractivity contribution >= 4 is 15.9 Å². The average molecular weight is 492 g/mol. The summed E-state index contributed by atoms with van der Waals surface area (Å²) in [6.07, 6.45) is 1.68. The van der Waals surface area contributed by atoms with E-state index in [9.17, 15) is 17.6 Å². The molecule has 184 valence electrons. The van der Waals surface area contributed by atoms with Gasteiger partial charge in [-0.05, 0) is 54.8 Å². The number of rotatable bonds is 9. The Bertz CT molecular complexity index is 1050. The number of amides is 1. The van der Waals surface area contributed by atoms with Crippen LogP contribution in [0.1, 0.15) is 34.8 Å². The number of morpholine rings is 1. The molecule has 0 aromatic heterocycles. The number of ether oxygens (including phenoxy) is 2. The molecule has 34 heavy (non-hydrogen) atoms. The number of nitrogens with one attached hydrogen (secondary N) is 2. The second-order valence-electron chi connectivity index (χ2n) is 8.44. The molecule has 0 spiro atoms. The number of halogens is 1. The number of carbonyl (C=O) groups is 1. The van der Waals surface area contributed by atoms with Crippen LogP contribution in [0.3, 0.4) is 0 Å². The quantitative estimate of drug-likeness (QED) is 0.558. The predicted octanol–water partition coefficient (Wildman–Crippen LogP) is 2.09. The minimum absolute atomic E-state index is 0.0968. The van der Waals surface area contributed by atoms with Crippen LogP contribution in [0.5, 0.6) is 0 Å². The number of carbonyl (C=O) groups excluding carboxylic acids is 1. The fourth-order valence-electron chi connectivity index (χ4n) is 4.20. The van der Waals surface area contributed by atoms with Gasteiger partial charge in [0.15, 0.2) is 0 Å². The lowest BCUT2D eigenvalue weighted by Gasteiger charge is -2.35. The van der Waals surface area contributed by atoms with Crippen molar-refractivity contribution in [2.24, 2.45) is 0 Å². The van der Waals surface area contributed by atoms with E-state index in [1.54, 1.807) is 12.1 Å². The van der Waals surface area contributed by atoms with Gasteiger partial charge < -0.3 is 14.8 Å². The molecule has 1 amide bonds. The van der Waals surface area contributed by atoms with Crippen LogP contribution < -0.4 is 10.0 Å².